The van der Waals surface area contributed by atoms with Crippen molar-refractivity contribution in [2.45, 2.75) is 71.1 Å². The number of carbonyl (C=O) groups is 4. The molecule has 0 saturated heterocycles. The third-order valence-electron chi connectivity index (χ3n) is 4.06. The van der Waals surface area contributed by atoms with Gasteiger partial charge in [-0.25, -0.2) is 0 Å². The Morgan fingerprint density at radius 2 is 1.43 bits per heavy atom. The molecule has 30 heavy (non-hydrogen) atoms. The summed E-state index contributed by atoms with van der Waals surface area (Å²) in [5.74, 6) is -2.97. The Balaban J connectivity index is 5.30. The van der Waals surface area contributed by atoms with Gasteiger partial charge in [-0.2, -0.15) is 0 Å². The summed E-state index contributed by atoms with van der Waals surface area (Å²) >= 11 is 0. The Labute approximate surface area is 176 Å². The van der Waals surface area contributed by atoms with E-state index in [2.05, 4.69) is 20.9 Å². The van der Waals surface area contributed by atoms with Crippen molar-refractivity contribution < 1.29 is 24.3 Å². The zero-order chi connectivity index (χ0) is 23.4. The van der Waals surface area contributed by atoms with E-state index in [1.807, 2.05) is 13.8 Å². The van der Waals surface area contributed by atoms with Crippen molar-refractivity contribution in [3.8, 4) is 0 Å². The Hall–Kier alpha value is -2.89. The van der Waals surface area contributed by atoms with E-state index in [0.29, 0.717) is 6.42 Å². The average Bonchev–Trinajstić information content (AvgIpc) is 2.62. The predicted octanol–water partition coefficient (Wildman–Crippen LogP) is -2.01. The van der Waals surface area contributed by atoms with Crippen molar-refractivity contribution in [2.75, 3.05) is 6.54 Å². The summed E-state index contributed by atoms with van der Waals surface area (Å²) in [6.07, 6.45) is 0.890. The van der Waals surface area contributed by atoms with Crippen LogP contribution >= 0.6 is 0 Å². The minimum absolute atomic E-state index is 0.0418. The molecule has 12 heteroatoms. The molecule has 12 nitrogen and oxygen atoms in total. The SMILES string of the molecule is CC(C)CC(NC(=O)C(CCCN=C(N)N)NC(=O)C(C)N)C(=O)NC(C)C(=O)O. The van der Waals surface area contributed by atoms with E-state index in [1.165, 1.54) is 13.8 Å². The molecule has 4 atom stereocenters. The van der Waals surface area contributed by atoms with Crippen LogP contribution < -0.4 is 33.2 Å². The number of hydrogen-bond acceptors (Lipinski definition) is 6. The molecule has 0 aliphatic rings. The zero-order valence-corrected chi connectivity index (χ0v) is 18.0. The molecule has 0 aromatic heterocycles. The minimum Gasteiger partial charge on any atom is -0.480 e. The van der Waals surface area contributed by atoms with Gasteiger partial charge >= 0.3 is 5.97 Å². The molecule has 0 heterocycles. The number of nitrogens with zero attached hydrogens (tertiary/aromatic N) is 1. The number of nitrogens with one attached hydrogen (secondary N) is 3. The number of nitrogens with two attached hydrogens (primary N) is 3. The van der Waals surface area contributed by atoms with E-state index in [1.54, 1.807) is 0 Å². The van der Waals surface area contributed by atoms with Gasteiger partial charge in [-0.15, -0.1) is 0 Å². The van der Waals surface area contributed by atoms with Gasteiger partial charge in [0, 0.05) is 6.54 Å². The lowest BCUT2D eigenvalue weighted by Crippen LogP contribution is -2.56. The van der Waals surface area contributed by atoms with E-state index >= 15 is 0 Å². The molecule has 0 fully saturated rings. The van der Waals surface area contributed by atoms with Crippen molar-refractivity contribution in [1.82, 2.24) is 16.0 Å². The number of guanidine groups is 1. The highest BCUT2D eigenvalue weighted by molar-refractivity contribution is 5.93. The molecule has 10 N–H and O–H groups in total. The third kappa shape index (κ3) is 11.2. The molecule has 4 unspecified atom stereocenters. The quantitative estimate of drug-likeness (QED) is 0.0983. The first-order valence-electron chi connectivity index (χ1n) is 9.80. The first-order chi connectivity index (χ1) is 13.8. The number of aliphatic imine (C=N–C) groups is 1. The summed E-state index contributed by atoms with van der Waals surface area (Å²) in [5, 5.41) is 16.5. The highest BCUT2D eigenvalue weighted by atomic mass is 16.4. The van der Waals surface area contributed by atoms with E-state index in [0.717, 1.165) is 0 Å². The van der Waals surface area contributed by atoms with E-state index in [-0.39, 0.29) is 31.3 Å². The molecule has 0 aromatic rings. The van der Waals surface area contributed by atoms with Crippen LogP contribution in [0.5, 0.6) is 0 Å². The lowest BCUT2D eigenvalue weighted by molar-refractivity contribution is -0.142. The molecule has 172 valence electrons. The van der Waals surface area contributed by atoms with Gasteiger partial charge < -0.3 is 38.3 Å². The van der Waals surface area contributed by atoms with Crippen LogP contribution in [0.25, 0.3) is 0 Å². The van der Waals surface area contributed by atoms with Crippen molar-refractivity contribution in [3.63, 3.8) is 0 Å². The normalized spacial score (nSPS) is 14.7. The summed E-state index contributed by atoms with van der Waals surface area (Å²) in [6, 6.07) is -3.87. The highest BCUT2D eigenvalue weighted by Gasteiger charge is 2.29. The summed E-state index contributed by atoms with van der Waals surface area (Å²) in [7, 11) is 0. The number of rotatable bonds is 13. The lowest BCUT2D eigenvalue weighted by Gasteiger charge is -2.25. The molecule has 0 bridgehead atoms. The maximum absolute atomic E-state index is 12.8. The molecule has 0 spiro atoms. The van der Waals surface area contributed by atoms with Crippen LogP contribution in [-0.2, 0) is 19.2 Å². The first kappa shape index (κ1) is 27.1. The Morgan fingerprint density at radius 3 is 1.90 bits per heavy atom. The van der Waals surface area contributed by atoms with E-state index in [9.17, 15) is 19.2 Å². The lowest BCUT2D eigenvalue weighted by atomic mass is 10.0. The zero-order valence-electron chi connectivity index (χ0n) is 18.0. The van der Waals surface area contributed by atoms with E-state index < -0.39 is 47.9 Å². The van der Waals surface area contributed by atoms with Gasteiger partial charge in [-0.3, -0.25) is 24.2 Å². The Kier molecular flexibility index (Phi) is 12.1. The topological polar surface area (TPSA) is 215 Å². The number of carboxylic acids is 1. The second-order valence-corrected chi connectivity index (χ2v) is 7.56. The van der Waals surface area contributed by atoms with Crippen LogP contribution in [0.2, 0.25) is 0 Å². The third-order valence-corrected chi connectivity index (χ3v) is 4.06. The van der Waals surface area contributed by atoms with Crippen LogP contribution in [0.3, 0.4) is 0 Å². The molecule has 0 aliphatic heterocycles. The van der Waals surface area contributed by atoms with Crippen molar-refractivity contribution in [1.29, 1.82) is 0 Å². The van der Waals surface area contributed by atoms with Crippen LogP contribution in [0, 0.1) is 5.92 Å². The Bertz CT molecular complexity index is 632. The summed E-state index contributed by atoms with van der Waals surface area (Å²) < 4.78 is 0. The van der Waals surface area contributed by atoms with Gasteiger partial charge in [0.2, 0.25) is 17.7 Å². The number of hydrogen-bond donors (Lipinski definition) is 7. The maximum atomic E-state index is 12.8. The van der Waals surface area contributed by atoms with Crippen LogP contribution in [-0.4, -0.2) is 65.5 Å². The molecule has 0 aromatic carbocycles. The summed E-state index contributed by atoms with van der Waals surface area (Å²) in [4.78, 5) is 52.1. The number of carboxylic acid groups (broad SMARTS) is 1. The molecular formula is C18H35N7O5. The fraction of sp³-hybridized carbons (Fsp3) is 0.722. The van der Waals surface area contributed by atoms with Gasteiger partial charge in [0.25, 0.3) is 0 Å². The smallest absolute Gasteiger partial charge is 0.325 e. The fourth-order valence-electron chi connectivity index (χ4n) is 2.43. The molecule has 0 saturated carbocycles. The van der Waals surface area contributed by atoms with E-state index in [4.69, 9.17) is 22.3 Å². The van der Waals surface area contributed by atoms with Crippen LogP contribution in [0.4, 0.5) is 0 Å². The molecular weight excluding hydrogens is 394 g/mol. The highest BCUT2D eigenvalue weighted by Crippen LogP contribution is 2.07. The van der Waals surface area contributed by atoms with Crippen LogP contribution in [0.15, 0.2) is 4.99 Å². The van der Waals surface area contributed by atoms with Crippen molar-refractivity contribution in [3.05, 3.63) is 0 Å². The Morgan fingerprint density at radius 1 is 0.900 bits per heavy atom. The summed E-state index contributed by atoms with van der Waals surface area (Å²) in [5.41, 5.74) is 16.1. The standard InChI is InChI=1S/C18H35N7O5/c1-9(2)8-13(16(28)23-11(4)17(29)30)25-15(27)12(24-14(26)10(3)19)6-5-7-22-18(20)21/h9-13H,5-8,19H2,1-4H3,(H,23,28)(H,24,26)(H,25,27)(H,29,30)(H4,20,21,22). The monoisotopic (exact) mass is 429 g/mol. The largest absolute Gasteiger partial charge is 0.480 e. The van der Waals surface area contributed by atoms with Crippen molar-refractivity contribution in [2.24, 2.45) is 28.1 Å². The fourth-order valence-corrected chi connectivity index (χ4v) is 2.43. The van der Waals surface area contributed by atoms with Crippen LogP contribution in [0.1, 0.15) is 47.0 Å². The molecule has 3 amide bonds. The molecule has 0 aliphatic carbocycles. The number of carbonyl (C=O) groups excluding carboxylic acids is 3. The first-order valence-corrected chi connectivity index (χ1v) is 9.80. The molecule has 0 rings (SSSR count). The van der Waals surface area contributed by atoms with Gasteiger partial charge in [-0.05, 0) is 39.0 Å². The maximum Gasteiger partial charge on any atom is 0.325 e. The van der Waals surface area contributed by atoms with Gasteiger partial charge in [0.15, 0.2) is 5.96 Å². The van der Waals surface area contributed by atoms with Gasteiger partial charge in [-0.1, -0.05) is 13.8 Å². The number of amides is 3. The molecule has 0 radical (unpaired) electrons. The number of aliphatic carboxylic acids is 1. The summed E-state index contributed by atoms with van der Waals surface area (Å²) in [6.45, 7) is 6.78. The van der Waals surface area contributed by atoms with Gasteiger partial charge in [0.05, 0.1) is 6.04 Å². The van der Waals surface area contributed by atoms with Crippen molar-refractivity contribution >= 4 is 29.7 Å². The minimum atomic E-state index is -1.19. The predicted molar refractivity (Wildman–Crippen MR) is 112 cm³/mol. The average molecular weight is 430 g/mol. The second kappa shape index (κ2) is 13.4. The van der Waals surface area contributed by atoms with Gasteiger partial charge in [0.1, 0.15) is 18.1 Å². The second-order valence-electron chi connectivity index (χ2n) is 7.56.